The quantitative estimate of drug-likeness (QED) is 0.746. The molecule has 3 aromatic rings. The Kier molecular flexibility index (Phi) is 5.32. The molecule has 0 bridgehead atoms. The van der Waals surface area contributed by atoms with Crippen LogP contribution < -0.4 is 5.73 Å². The minimum absolute atomic E-state index is 0.0305. The van der Waals surface area contributed by atoms with Gasteiger partial charge in [-0.2, -0.15) is 0 Å². The Morgan fingerprint density at radius 2 is 1.86 bits per heavy atom. The van der Waals surface area contributed by atoms with Crippen LogP contribution in [0, 0.1) is 0 Å². The SMILES string of the molecule is CN(C[C@@H]1Cc2ccccc2CN1C)C(=O)c1ccc(-c2cnccc2N)cc1. The molecule has 4 rings (SSSR count). The van der Waals surface area contributed by atoms with Crippen molar-refractivity contribution in [2.45, 2.75) is 19.0 Å². The molecule has 148 valence electrons. The van der Waals surface area contributed by atoms with E-state index in [0.29, 0.717) is 23.8 Å². The van der Waals surface area contributed by atoms with Crippen LogP contribution in [0.3, 0.4) is 0 Å². The van der Waals surface area contributed by atoms with Gasteiger partial charge in [-0.15, -0.1) is 0 Å². The first-order valence-corrected chi connectivity index (χ1v) is 9.85. The standard InChI is InChI=1S/C24H26N4O/c1-27-15-20-6-4-3-5-19(20)13-21(27)16-28(2)24(29)18-9-7-17(8-10-18)22-14-26-12-11-23(22)25/h3-12,14,21H,13,15-16H2,1-2H3,(H2,25,26)/t21-/m0/s1. The van der Waals surface area contributed by atoms with E-state index in [-0.39, 0.29) is 5.91 Å². The van der Waals surface area contributed by atoms with E-state index in [1.807, 2.05) is 36.2 Å². The van der Waals surface area contributed by atoms with Gasteiger partial charge in [0.05, 0.1) is 0 Å². The van der Waals surface area contributed by atoms with E-state index in [2.05, 4.69) is 41.2 Å². The Balaban J connectivity index is 1.45. The van der Waals surface area contributed by atoms with Crippen molar-refractivity contribution >= 4 is 11.6 Å². The summed E-state index contributed by atoms with van der Waals surface area (Å²) in [6.45, 7) is 1.62. The maximum atomic E-state index is 13.0. The van der Waals surface area contributed by atoms with Gasteiger partial charge in [-0.25, -0.2) is 0 Å². The molecule has 2 heterocycles. The summed E-state index contributed by atoms with van der Waals surface area (Å²) < 4.78 is 0. The molecule has 2 aromatic carbocycles. The maximum absolute atomic E-state index is 13.0. The Morgan fingerprint density at radius 1 is 1.14 bits per heavy atom. The highest BCUT2D eigenvalue weighted by Crippen LogP contribution is 2.25. The van der Waals surface area contributed by atoms with E-state index < -0.39 is 0 Å². The van der Waals surface area contributed by atoms with Gasteiger partial charge in [-0.3, -0.25) is 14.7 Å². The maximum Gasteiger partial charge on any atom is 0.253 e. The van der Waals surface area contributed by atoms with Crippen LogP contribution in [0.2, 0.25) is 0 Å². The average Bonchev–Trinajstić information content (AvgIpc) is 2.74. The summed E-state index contributed by atoms with van der Waals surface area (Å²) in [6, 6.07) is 18.2. The average molecular weight is 386 g/mol. The highest BCUT2D eigenvalue weighted by molar-refractivity contribution is 5.94. The lowest BCUT2D eigenvalue weighted by atomic mass is 9.94. The molecule has 1 aliphatic rings. The smallest absolute Gasteiger partial charge is 0.253 e. The predicted octanol–water partition coefficient (Wildman–Crippen LogP) is 3.46. The molecule has 0 aliphatic carbocycles. The monoisotopic (exact) mass is 386 g/mol. The number of carbonyl (C=O) groups excluding carboxylic acids is 1. The van der Waals surface area contributed by atoms with E-state index in [1.54, 1.807) is 18.5 Å². The second kappa shape index (κ2) is 8.05. The van der Waals surface area contributed by atoms with Crippen LogP contribution in [-0.4, -0.2) is 47.4 Å². The van der Waals surface area contributed by atoms with Gasteiger partial charge in [-0.1, -0.05) is 36.4 Å². The van der Waals surface area contributed by atoms with Crippen molar-refractivity contribution in [3.05, 3.63) is 83.7 Å². The first-order chi connectivity index (χ1) is 14.0. The molecule has 5 heteroatoms. The molecule has 0 unspecified atom stereocenters. The molecule has 1 amide bonds. The van der Waals surface area contributed by atoms with Gasteiger partial charge in [0.2, 0.25) is 0 Å². The number of nitrogens with zero attached hydrogens (tertiary/aromatic N) is 3. The van der Waals surface area contributed by atoms with Crippen molar-refractivity contribution in [1.82, 2.24) is 14.8 Å². The number of nitrogen functional groups attached to an aromatic ring is 1. The van der Waals surface area contributed by atoms with Gasteiger partial charge < -0.3 is 10.6 Å². The van der Waals surface area contributed by atoms with Crippen LogP contribution in [0.4, 0.5) is 5.69 Å². The molecule has 2 N–H and O–H groups in total. The van der Waals surface area contributed by atoms with Gasteiger partial charge in [0.1, 0.15) is 0 Å². The van der Waals surface area contributed by atoms with E-state index in [1.165, 1.54) is 11.1 Å². The predicted molar refractivity (Wildman–Crippen MR) is 116 cm³/mol. The molecule has 0 fully saturated rings. The summed E-state index contributed by atoms with van der Waals surface area (Å²) in [5, 5.41) is 0. The van der Waals surface area contributed by atoms with Gasteiger partial charge in [-0.05, 0) is 48.4 Å². The van der Waals surface area contributed by atoms with Crippen molar-refractivity contribution in [2.75, 3.05) is 26.4 Å². The summed E-state index contributed by atoms with van der Waals surface area (Å²) in [6.07, 6.45) is 4.38. The lowest BCUT2D eigenvalue weighted by molar-refractivity contribution is 0.0733. The summed E-state index contributed by atoms with van der Waals surface area (Å²) >= 11 is 0. The zero-order valence-corrected chi connectivity index (χ0v) is 16.9. The Bertz CT molecular complexity index is 1020. The number of hydrogen-bond donors (Lipinski definition) is 1. The lowest BCUT2D eigenvalue weighted by Gasteiger charge is -2.36. The molecule has 0 spiro atoms. The zero-order valence-electron chi connectivity index (χ0n) is 16.9. The number of fused-ring (bicyclic) bond motifs is 1. The Morgan fingerprint density at radius 3 is 2.59 bits per heavy atom. The molecular weight excluding hydrogens is 360 g/mol. The highest BCUT2D eigenvalue weighted by atomic mass is 16.2. The molecule has 29 heavy (non-hydrogen) atoms. The van der Waals surface area contributed by atoms with Crippen molar-refractivity contribution in [1.29, 1.82) is 0 Å². The first kappa shape index (κ1) is 19.2. The minimum atomic E-state index is 0.0305. The highest BCUT2D eigenvalue weighted by Gasteiger charge is 2.25. The number of nitrogens with two attached hydrogens (primary N) is 1. The second-order valence-corrected chi connectivity index (χ2v) is 7.77. The summed E-state index contributed by atoms with van der Waals surface area (Å²) in [5.74, 6) is 0.0305. The molecular formula is C24H26N4O. The van der Waals surface area contributed by atoms with E-state index >= 15 is 0 Å². The summed E-state index contributed by atoms with van der Waals surface area (Å²) in [5.41, 5.74) is 12.0. The molecule has 0 saturated heterocycles. The fraction of sp³-hybridized carbons (Fsp3) is 0.250. The third-order valence-corrected chi connectivity index (χ3v) is 5.75. The normalized spacial score (nSPS) is 16.3. The molecule has 0 radical (unpaired) electrons. The van der Waals surface area contributed by atoms with E-state index in [9.17, 15) is 4.79 Å². The fourth-order valence-corrected chi connectivity index (χ4v) is 3.98. The van der Waals surface area contributed by atoms with Crippen LogP contribution in [-0.2, 0) is 13.0 Å². The topological polar surface area (TPSA) is 62.5 Å². The number of anilines is 1. The Labute approximate surface area is 171 Å². The van der Waals surface area contributed by atoms with Gasteiger partial charge in [0.25, 0.3) is 5.91 Å². The van der Waals surface area contributed by atoms with Gasteiger partial charge in [0.15, 0.2) is 0 Å². The van der Waals surface area contributed by atoms with Gasteiger partial charge in [0, 0.05) is 55.4 Å². The number of benzene rings is 2. The third-order valence-electron chi connectivity index (χ3n) is 5.75. The number of likely N-dealkylation sites (N-methyl/N-ethyl adjacent to an activating group) is 2. The van der Waals surface area contributed by atoms with Crippen molar-refractivity contribution < 1.29 is 4.79 Å². The minimum Gasteiger partial charge on any atom is -0.398 e. The van der Waals surface area contributed by atoms with Crippen LogP contribution >= 0.6 is 0 Å². The lowest BCUT2D eigenvalue weighted by Crippen LogP contribution is -2.46. The number of amides is 1. The number of aromatic nitrogens is 1. The largest absolute Gasteiger partial charge is 0.398 e. The molecule has 0 saturated carbocycles. The van der Waals surface area contributed by atoms with Crippen molar-refractivity contribution in [3.63, 3.8) is 0 Å². The first-order valence-electron chi connectivity index (χ1n) is 9.85. The molecule has 5 nitrogen and oxygen atoms in total. The number of carbonyl (C=O) groups is 1. The zero-order chi connectivity index (χ0) is 20.4. The number of pyridine rings is 1. The number of hydrogen-bond acceptors (Lipinski definition) is 4. The van der Waals surface area contributed by atoms with Crippen molar-refractivity contribution in [2.24, 2.45) is 0 Å². The molecule has 1 aliphatic heterocycles. The van der Waals surface area contributed by atoms with Gasteiger partial charge >= 0.3 is 0 Å². The molecule has 1 aromatic heterocycles. The van der Waals surface area contributed by atoms with Crippen molar-refractivity contribution in [3.8, 4) is 11.1 Å². The Hall–Kier alpha value is -3.18. The molecule has 1 atom stereocenters. The van der Waals surface area contributed by atoms with E-state index in [0.717, 1.165) is 24.1 Å². The van der Waals surface area contributed by atoms with Crippen LogP contribution in [0.1, 0.15) is 21.5 Å². The third kappa shape index (κ3) is 4.00. The summed E-state index contributed by atoms with van der Waals surface area (Å²) in [7, 11) is 4.01. The van der Waals surface area contributed by atoms with Crippen LogP contribution in [0.15, 0.2) is 67.0 Å². The van der Waals surface area contributed by atoms with Crippen LogP contribution in [0.25, 0.3) is 11.1 Å². The second-order valence-electron chi connectivity index (χ2n) is 7.77. The van der Waals surface area contributed by atoms with E-state index in [4.69, 9.17) is 5.73 Å². The summed E-state index contributed by atoms with van der Waals surface area (Å²) in [4.78, 5) is 21.2. The number of rotatable bonds is 4. The fourth-order valence-electron chi connectivity index (χ4n) is 3.98. The van der Waals surface area contributed by atoms with Crippen LogP contribution in [0.5, 0.6) is 0 Å².